The molecule has 0 saturated heterocycles. The topological polar surface area (TPSA) is 9.23 Å². The van der Waals surface area contributed by atoms with Crippen LogP contribution in [0.25, 0.3) is 0 Å². The summed E-state index contributed by atoms with van der Waals surface area (Å²) in [5, 5.41) is 0.299. The van der Waals surface area contributed by atoms with Crippen LogP contribution in [0, 0.1) is 5.92 Å². The van der Waals surface area contributed by atoms with Crippen LogP contribution in [0.4, 0.5) is 0 Å². The number of rotatable bonds is 8. The van der Waals surface area contributed by atoms with E-state index in [0.717, 1.165) is 6.61 Å². The molecule has 0 N–H and O–H groups in total. The quantitative estimate of drug-likeness (QED) is 0.210. The first-order valence-corrected chi connectivity index (χ1v) is 22.1. The Morgan fingerprint density at radius 2 is 1.75 bits per heavy atom. The predicted octanol–water partition coefficient (Wildman–Crippen LogP) is 6.27. The zero-order valence-corrected chi connectivity index (χ0v) is 20.9. The van der Waals surface area contributed by atoms with Crippen LogP contribution in [0.1, 0.15) is 33.6 Å². The summed E-state index contributed by atoms with van der Waals surface area (Å²) in [7, 11) is -1.63. The van der Waals surface area contributed by atoms with Gasteiger partial charge in [-0.15, -0.1) is 0 Å². The van der Waals surface area contributed by atoms with E-state index in [2.05, 4.69) is 77.9 Å². The van der Waals surface area contributed by atoms with Crippen LogP contribution in [0.15, 0.2) is 10.2 Å². The Labute approximate surface area is 146 Å². The van der Waals surface area contributed by atoms with Crippen LogP contribution in [0.3, 0.4) is 0 Å². The minimum absolute atomic E-state index is 0.299. The zero-order valence-electron chi connectivity index (χ0n) is 14.9. The van der Waals surface area contributed by atoms with Crippen molar-refractivity contribution in [3.63, 3.8) is 0 Å². The molecule has 0 fully saturated rings. The van der Waals surface area contributed by atoms with Gasteiger partial charge in [0.25, 0.3) is 0 Å². The molecule has 0 aliphatic heterocycles. The van der Waals surface area contributed by atoms with Crippen molar-refractivity contribution in [2.75, 3.05) is 11.0 Å². The molecule has 0 spiro atoms. The Kier molecular flexibility index (Phi) is 8.94. The van der Waals surface area contributed by atoms with Crippen molar-refractivity contribution in [2.24, 2.45) is 5.92 Å². The Morgan fingerprint density at radius 3 is 2.10 bits per heavy atom. The first-order chi connectivity index (χ1) is 8.83. The maximum atomic E-state index is 6.48. The summed E-state index contributed by atoms with van der Waals surface area (Å²) in [6.07, 6.45) is 2.54. The average molecular weight is 517 g/mol. The van der Waals surface area contributed by atoms with E-state index >= 15 is 0 Å². The SMILES string of the molecule is C=[C]([C@@H](CCCI)CO[Si](C)(C)C(C)(C)C)[Sn]([CH3])([CH3])[CH3]. The van der Waals surface area contributed by atoms with Gasteiger partial charge in [-0.2, -0.15) is 0 Å². The van der Waals surface area contributed by atoms with E-state index in [1.807, 2.05) is 0 Å². The number of alkyl halides is 1. The predicted molar refractivity (Wildman–Crippen MR) is 107 cm³/mol. The first kappa shape index (κ1) is 21.4. The summed E-state index contributed by atoms with van der Waals surface area (Å²) >= 11 is 0.458. The van der Waals surface area contributed by atoms with Crippen LogP contribution in [0.5, 0.6) is 0 Å². The van der Waals surface area contributed by atoms with E-state index in [0.29, 0.717) is 11.0 Å². The molecule has 0 aromatic rings. The zero-order chi connectivity index (χ0) is 16.2. The summed E-state index contributed by atoms with van der Waals surface area (Å²) in [5.74, 6) is 0.592. The van der Waals surface area contributed by atoms with Gasteiger partial charge in [-0.05, 0) is 0 Å². The van der Waals surface area contributed by atoms with Crippen LogP contribution in [-0.2, 0) is 4.43 Å². The van der Waals surface area contributed by atoms with E-state index in [9.17, 15) is 0 Å². The molecule has 0 radical (unpaired) electrons. The molecule has 120 valence electrons. The van der Waals surface area contributed by atoms with E-state index in [1.165, 1.54) is 17.3 Å². The summed E-state index contributed by atoms with van der Waals surface area (Å²) in [6.45, 7) is 17.0. The molecule has 0 unspecified atom stereocenters. The molecule has 0 bridgehead atoms. The molecular formula is C16H35IOSiSn. The molecule has 0 aliphatic rings. The minimum atomic E-state index is -2.02. The fourth-order valence-corrected chi connectivity index (χ4v) is 7.46. The van der Waals surface area contributed by atoms with Gasteiger partial charge in [0, 0.05) is 0 Å². The van der Waals surface area contributed by atoms with Gasteiger partial charge in [-0.3, -0.25) is 0 Å². The van der Waals surface area contributed by atoms with Crippen molar-refractivity contribution < 1.29 is 4.43 Å². The Balaban J connectivity index is 4.80. The molecule has 0 aromatic heterocycles. The molecule has 0 aliphatic carbocycles. The van der Waals surface area contributed by atoms with Gasteiger partial charge < -0.3 is 0 Å². The third kappa shape index (κ3) is 7.14. The average Bonchev–Trinajstić information content (AvgIpc) is 2.25. The molecule has 0 amide bonds. The fraction of sp³-hybridized carbons (Fsp3) is 0.875. The number of halogens is 1. The van der Waals surface area contributed by atoms with Crippen molar-refractivity contribution in [2.45, 2.75) is 66.6 Å². The van der Waals surface area contributed by atoms with E-state index in [1.54, 1.807) is 3.59 Å². The van der Waals surface area contributed by atoms with Crippen LogP contribution in [0.2, 0.25) is 33.0 Å². The molecule has 1 atom stereocenters. The van der Waals surface area contributed by atoms with Gasteiger partial charge >= 0.3 is 147 Å². The molecular weight excluding hydrogens is 482 g/mol. The van der Waals surface area contributed by atoms with Crippen LogP contribution >= 0.6 is 22.6 Å². The van der Waals surface area contributed by atoms with Gasteiger partial charge in [-0.1, -0.05) is 0 Å². The van der Waals surface area contributed by atoms with Crippen molar-refractivity contribution in [3.05, 3.63) is 10.2 Å². The standard InChI is InChI=1S/C13H26IOSi.3CH3.Sn/c1-7-12(9-8-10-14)11-15-16(5,6)13(2,3)4;;;;/h12H,1,8-11H2,2-6H3;3*1H3;/t12-;;;;/m0..../s1. The monoisotopic (exact) mass is 518 g/mol. The molecule has 0 heterocycles. The Hall–Kier alpha value is 1.45. The van der Waals surface area contributed by atoms with Crippen molar-refractivity contribution in [3.8, 4) is 0 Å². The van der Waals surface area contributed by atoms with Crippen LogP contribution in [-0.4, -0.2) is 37.7 Å². The van der Waals surface area contributed by atoms with Gasteiger partial charge in [0.15, 0.2) is 0 Å². The summed E-state index contributed by atoms with van der Waals surface area (Å²) in [6, 6.07) is 0. The summed E-state index contributed by atoms with van der Waals surface area (Å²) in [5.41, 5.74) is 0. The van der Waals surface area contributed by atoms with E-state index in [4.69, 9.17) is 4.43 Å². The Morgan fingerprint density at radius 1 is 1.25 bits per heavy atom. The van der Waals surface area contributed by atoms with Gasteiger partial charge in [0.2, 0.25) is 0 Å². The van der Waals surface area contributed by atoms with Gasteiger partial charge in [0.05, 0.1) is 0 Å². The third-order valence-corrected chi connectivity index (χ3v) is 16.5. The van der Waals surface area contributed by atoms with E-state index < -0.39 is 26.7 Å². The van der Waals surface area contributed by atoms with Crippen molar-refractivity contribution >= 4 is 49.3 Å². The fourth-order valence-electron chi connectivity index (χ4n) is 1.82. The third-order valence-electron chi connectivity index (χ3n) is 4.59. The van der Waals surface area contributed by atoms with Gasteiger partial charge in [0.1, 0.15) is 0 Å². The second-order valence-electron chi connectivity index (χ2n) is 8.37. The van der Waals surface area contributed by atoms with Gasteiger partial charge in [-0.25, -0.2) is 0 Å². The second-order valence-corrected chi connectivity index (χ2v) is 28.9. The number of hydrogen-bond acceptors (Lipinski definition) is 1. The number of hydrogen-bond donors (Lipinski definition) is 0. The maximum absolute atomic E-state index is 6.48. The summed E-state index contributed by atoms with van der Waals surface area (Å²) < 4.78 is 9.27. The van der Waals surface area contributed by atoms with E-state index in [-0.39, 0.29) is 0 Å². The molecule has 20 heavy (non-hydrogen) atoms. The van der Waals surface area contributed by atoms with Crippen molar-refractivity contribution in [1.29, 1.82) is 0 Å². The molecule has 4 heteroatoms. The molecule has 0 saturated carbocycles. The molecule has 0 aromatic carbocycles. The second kappa shape index (κ2) is 8.34. The van der Waals surface area contributed by atoms with Crippen molar-refractivity contribution in [1.82, 2.24) is 0 Å². The summed E-state index contributed by atoms with van der Waals surface area (Å²) in [4.78, 5) is 7.42. The normalized spacial score (nSPS) is 15.2. The molecule has 0 rings (SSSR count). The first-order valence-electron chi connectivity index (χ1n) is 7.72. The molecule has 1 nitrogen and oxygen atoms in total. The Bertz CT molecular complexity index is 315. The van der Waals surface area contributed by atoms with Crippen LogP contribution < -0.4 is 0 Å².